The van der Waals surface area contributed by atoms with Crippen molar-refractivity contribution in [2.75, 3.05) is 0 Å². The van der Waals surface area contributed by atoms with Crippen LogP contribution in [0.2, 0.25) is 0 Å². The summed E-state index contributed by atoms with van der Waals surface area (Å²) in [5.41, 5.74) is 0.951. The largest absolute Gasteiger partial charge is 0.361 e. The smallest absolute Gasteiger partial charge is 0.307 e. The number of amides is 2. The maximum Gasteiger partial charge on any atom is 0.361 e. The van der Waals surface area contributed by atoms with Crippen LogP contribution in [-0.4, -0.2) is 6.03 Å². The predicted octanol–water partition coefficient (Wildman–Crippen LogP) is 1.86. The first kappa shape index (κ1) is 6.97. The standard InChI is InChI=1S/C8H7N3O/c12-8-9-7(10-11-8)6-4-2-1-3-5-6/h1-5,7H,(H,9,12)/t7-/m1/s1. The Morgan fingerprint density at radius 3 is 2.58 bits per heavy atom. The predicted molar refractivity (Wildman–Crippen MR) is 42.6 cm³/mol. The fourth-order valence-corrected chi connectivity index (χ4v) is 1.07. The van der Waals surface area contributed by atoms with Crippen molar-refractivity contribution in [2.24, 2.45) is 10.2 Å². The Morgan fingerprint density at radius 1 is 1.25 bits per heavy atom. The number of urea groups is 1. The third-order valence-corrected chi connectivity index (χ3v) is 1.64. The first-order valence-corrected chi connectivity index (χ1v) is 3.62. The molecule has 1 atom stereocenters. The molecule has 1 aromatic rings. The van der Waals surface area contributed by atoms with E-state index in [1.165, 1.54) is 0 Å². The second-order valence-corrected chi connectivity index (χ2v) is 2.48. The highest BCUT2D eigenvalue weighted by Crippen LogP contribution is 2.17. The van der Waals surface area contributed by atoms with E-state index in [0.29, 0.717) is 0 Å². The minimum atomic E-state index is -0.371. The maximum atomic E-state index is 10.7. The molecule has 0 aromatic heterocycles. The molecule has 0 aliphatic carbocycles. The Labute approximate surface area is 69.3 Å². The minimum absolute atomic E-state index is 0.293. The fourth-order valence-electron chi connectivity index (χ4n) is 1.07. The van der Waals surface area contributed by atoms with Crippen LogP contribution in [0.25, 0.3) is 0 Å². The van der Waals surface area contributed by atoms with Crippen LogP contribution in [-0.2, 0) is 0 Å². The summed E-state index contributed by atoms with van der Waals surface area (Å²) in [6.45, 7) is 0. The third-order valence-electron chi connectivity index (χ3n) is 1.64. The molecule has 12 heavy (non-hydrogen) atoms. The van der Waals surface area contributed by atoms with Crippen LogP contribution in [0.1, 0.15) is 11.7 Å². The number of nitrogens with one attached hydrogen (secondary N) is 1. The highest BCUT2D eigenvalue weighted by molar-refractivity contribution is 5.76. The van der Waals surface area contributed by atoms with Crippen LogP contribution >= 0.6 is 0 Å². The average molecular weight is 161 g/mol. The summed E-state index contributed by atoms with van der Waals surface area (Å²) in [4.78, 5) is 10.7. The van der Waals surface area contributed by atoms with Crippen LogP contribution < -0.4 is 5.32 Å². The number of hydrogen-bond donors (Lipinski definition) is 1. The molecule has 0 unspecified atom stereocenters. The number of azo groups is 1. The number of benzene rings is 1. The number of nitrogens with zero attached hydrogens (tertiary/aromatic N) is 2. The van der Waals surface area contributed by atoms with Crippen LogP contribution in [0.15, 0.2) is 40.6 Å². The summed E-state index contributed by atoms with van der Waals surface area (Å²) in [6.07, 6.45) is -0.293. The Bertz CT molecular complexity index is 320. The molecule has 0 spiro atoms. The lowest BCUT2D eigenvalue weighted by Gasteiger charge is -2.04. The monoisotopic (exact) mass is 161 g/mol. The molecule has 0 saturated heterocycles. The zero-order valence-corrected chi connectivity index (χ0v) is 6.27. The van der Waals surface area contributed by atoms with Crippen molar-refractivity contribution in [3.8, 4) is 0 Å². The molecule has 60 valence electrons. The summed E-state index contributed by atoms with van der Waals surface area (Å²) in [5, 5.41) is 9.72. The first-order valence-electron chi connectivity index (χ1n) is 3.62. The molecule has 4 heteroatoms. The van der Waals surface area contributed by atoms with Gasteiger partial charge in [-0.15, -0.1) is 0 Å². The zero-order valence-electron chi connectivity index (χ0n) is 6.27. The zero-order chi connectivity index (χ0) is 8.39. The van der Waals surface area contributed by atoms with Crippen molar-refractivity contribution in [1.82, 2.24) is 5.32 Å². The summed E-state index contributed by atoms with van der Waals surface area (Å²) in [5.74, 6) is 0. The van der Waals surface area contributed by atoms with Gasteiger partial charge in [-0.3, -0.25) is 0 Å². The van der Waals surface area contributed by atoms with E-state index in [-0.39, 0.29) is 12.2 Å². The van der Waals surface area contributed by atoms with E-state index in [2.05, 4.69) is 15.5 Å². The molecule has 4 nitrogen and oxygen atoms in total. The lowest BCUT2D eigenvalue weighted by Crippen LogP contribution is -2.17. The summed E-state index contributed by atoms with van der Waals surface area (Å²) in [6, 6.07) is 9.14. The molecule has 1 aromatic carbocycles. The van der Waals surface area contributed by atoms with Crippen LogP contribution in [0.5, 0.6) is 0 Å². The number of rotatable bonds is 1. The summed E-state index contributed by atoms with van der Waals surface area (Å²) >= 11 is 0. The topological polar surface area (TPSA) is 53.8 Å². The van der Waals surface area contributed by atoms with Gasteiger partial charge in [0.25, 0.3) is 0 Å². The van der Waals surface area contributed by atoms with E-state index in [9.17, 15) is 4.79 Å². The highest BCUT2D eigenvalue weighted by atomic mass is 16.2. The van der Waals surface area contributed by atoms with Gasteiger partial charge in [-0.1, -0.05) is 35.4 Å². The normalized spacial score (nSPS) is 21.0. The van der Waals surface area contributed by atoms with Gasteiger partial charge < -0.3 is 5.32 Å². The SMILES string of the molecule is O=C1N=N[C@H](c2ccccc2)N1. The molecular weight excluding hydrogens is 154 g/mol. The van der Waals surface area contributed by atoms with Crippen LogP contribution in [0.4, 0.5) is 4.79 Å². The van der Waals surface area contributed by atoms with Gasteiger partial charge in [0.1, 0.15) is 0 Å². The molecule has 2 rings (SSSR count). The second-order valence-electron chi connectivity index (χ2n) is 2.48. The molecule has 0 saturated carbocycles. The fraction of sp³-hybridized carbons (Fsp3) is 0.125. The quantitative estimate of drug-likeness (QED) is 0.671. The van der Waals surface area contributed by atoms with E-state index in [1.54, 1.807) is 0 Å². The van der Waals surface area contributed by atoms with Crippen molar-refractivity contribution in [3.63, 3.8) is 0 Å². The Hall–Kier alpha value is -1.71. The molecule has 1 heterocycles. The van der Waals surface area contributed by atoms with E-state index in [0.717, 1.165) is 5.56 Å². The number of hydrogen-bond acceptors (Lipinski definition) is 2. The maximum absolute atomic E-state index is 10.7. The molecule has 2 amide bonds. The van der Waals surface area contributed by atoms with Crippen LogP contribution in [0, 0.1) is 0 Å². The van der Waals surface area contributed by atoms with Gasteiger partial charge >= 0.3 is 6.03 Å². The molecule has 1 N–H and O–H groups in total. The van der Waals surface area contributed by atoms with E-state index in [4.69, 9.17) is 0 Å². The van der Waals surface area contributed by atoms with Gasteiger partial charge in [0, 0.05) is 0 Å². The minimum Gasteiger partial charge on any atom is -0.307 e. The molecule has 1 aliphatic heterocycles. The van der Waals surface area contributed by atoms with Crippen molar-refractivity contribution >= 4 is 6.03 Å². The number of carbonyl (C=O) groups is 1. The average Bonchev–Trinajstić information content (AvgIpc) is 2.54. The van der Waals surface area contributed by atoms with Gasteiger partial charge in [0.2, 0.25) is 0 Å². The lowest BCUT2D eigenvalue weighted by molar-refractivity contribution is 0.250. The molecule has 1 aliphatic rings. The van der Waals surface area contributed by atoms with E-state index >= 15 is 0 Å². The van der Waals surface area contributed by atoms with Gasteiger partial charge in [-0.05, 0) is 5.56 Å². The van der Waals surface area contributed by atoms with Gasteiger partial charge in [0.05, 0.1) is 0 Å². The van der Waals surface area contributed by atoms with Crippen molar-refractivity contribution < 1.29 is 4.79 Å². The van der Waals surface area contributed by atoms with Crippen molar-refractivity contribution in [1.29, 1.82) is 0 Å². The first-order chi connectivity index (χ1) is 5.86. The summed E-state index contributed by atoms with van der Waals surface area (Å²) < 4.78 is 0. The highest BCUT2D eigenvalue weighted by Gasteiger charge is 2.18. The van der Waals surface area contributed by atoms with Crippen molar-refractivity contribution in [2.45, 2.75) is 6.17 Å². The Balaban J connectivity index is 2.23. The van der Waals surface area contributed by atoms with Gasteiger partial charge in [-0.2, -0.15) is 5.11 Å². The third kappa shape index (κ3) is 1.18. The number of carbonyl (C=O) groups excluding carboxylic acids is 1. The Morgan fingerprint density at radius 2 is 2.00 bits per heavy atom. The van der Waals surface area contributed by atoms with Gasteiger partial charge in [0.15, 0.2) is 6.17 Å². The lowest BCUT2D eigenvalue weighted by atomic mass is 10.2. The van der Waals surface area contributed by atoms with E-state index < -0.39 is 0 Å². The van der Waals surface area contributed by atoms with E-state index in [1.807, 2.05) is 30.3 Å². The molecule has 0 bridgehead atoms. The van der Waals surface area contributed by atoms with Crippen molar-refractivity contribution in [3.05, 3.63) is 35.9 Å². The summed E-state index contributed by atoms with van der Waals surface area (Å²) in [7, 11) is 0. The molecule has 0 radical (unpaired) electrons. The molecule has 0 fully saturated rings. The van der Waals surface area contributed by atoms with Crippen LogP contribution in [0.3, 0.4) is 0 Å². The second kappa shape index (κ2) is 2.73. The molecular formula is C8H7N3O. The van der Waals surface area contributed by atoms with Gasteiger partial charge in [-0.25, -0.2) is 4.79 Å². The Kier molecular flexibility index (Phi) is 1.59.